The Hall–Kier alpha value is -2.04. The zero-order valence-corrected chi connectivity index (χ0v) is 9.11. The Morgan fingerprint density at radius 2 is 2.31 bits per heavy atom. The molecule has 5 heteroatoms. The van der Waals surface area contributed by atoms with Crippen LogP contribution in [0.1, 0.15) is 17.3 Å². The number of ether oxygens (including phenoxy) is 2. The van der Waals surface area contributed by atoms with Crippen LogP contribution < -0.4 is 4.74 Å². The molecule has 1 aromatic heterocycles. The first-order valence-electron chi connectivity index (χ1n) is 4.94. The van der Waals surface area contributed by atoms with E-state index in [1.165, 1.54) is 7.11 Å². The van der Waals surface area contributed by atoms with Gasteiger partial charge in [0.15, 0.2) is 0 Å². The number of aromatic nitrogens is 2. The number of benzene rings is 1. The third-order valence-electron chi connectivity index (χ3n) is 2.26. The minimum atomic E-state index is -0.393. The number of hydrogen-bond donors (Lipinski definition) is 1. The van der Waals surface area contributed by atoms with E-state index >= 15 is 0 Å². The molecule has 2 aromatic rings. The molecule has 0 bridgehead atoms. The zero-order valence-electron chi connectivity index (χ0n) is 9.11. The molecule has 5 nitrogen and oxygen atoms in total. The maximum absolute atomic E-state index is 11.7. The minimum absolute atomic E-state index is 0.336. The van der Waals surface area contributed by atoms with Gasteiger partial charge in [-0.15, -0.1) is 0 Å². The van der Waals surface area contributed by atoms with Gasteiger partial charge in [0, 0.05) is 5.39 Å². The van der Waals surface area contributed by atoms with Crippen molar-refractivity contribution in [3.63, 3.8) is 0 Å². The molecule has 0 aliphatic rings. The monoisotopic (exact) mass is 220 g/mol. The first kappa shape index (κ1) is 10.5. The third-order valence-corrected chi connectivity index (χ3v) is 2.26. The van der Waals surface area contributed by atoms with Crippen LogP contribution in [0.15, 0.2) is 18.3 Å². The molecule has 16 heavy (non-hydrogen) atoms. The zero-order chi connectivity index (χ0) is 11.5. The van der Waals surface area contributed by atoms with E-state index < -0.39 is 5.97 Å². The summed E-state index contributed by atoms with van der Waals surface area (Å²) in [4.78, 5) is 11.7. The third kappa shape index (κ3) is 1.71. The number of methoxy groups -OCH3 is 1. The lowest BCUT2D eigenvalue weighted by Gasteiger charge is -2.07. The van der Waals surface area contributed by atoms with Crippen LogP contribution in [-0.2, 0) is 4.74 Å². The van der Waals surface area contributed by atoms with Crippen LogP contribution >= 0.6 is 0 Å². The molecule has 84 valence electrons. The van der Waals surface area contributed by atoms with Crippen LogP contribution in [0.4, 0.5) is 0 Å². The van der Waals surface area contributed by atoms with Crippen molar-refractivity contribution in [3.8, 4) is 5.75 Å². The van der Waals surface area contributed by atoms with E-state index in [-0.39, 0.29) is 0 Å². The summed E-state index contributed by atoms with van der Waals surface area (Å²) in [6, 6.07) is 3.43. The highest BCUT2D eigenvalue weighted by Crippen LogP contribution is 2.25. The molecule has 1 aromatic carbocycles. The number of H-pyrrole nitrogens is 1. The van der Waals surface area contributed by atoms with Gasteiger partial charge in [-0.25, -0.2) is 4.79 Å². The van der Waals surface area contributed by atoms with E-state index in [9.17, 15) is 4.79 Å². The molecule has 0 spiro atoms. The Labute approximate surface area is 92.4 Å². The average molecular weight is 220 g/mol. The van der Waals surface area contributed by atoms with Gasteiger partial charge < -0.3 is 9.47 Å². The summed E-state index contributed by atoms with van der Waals surface area (Å²) in [5.74, 6) is 0.100. The first-order chi connectivity index (χ1) is 7.76. The molecule has 2 rings (SSSR count). The standard InChI is InChI=1S/C11H12N2O3/c1-3-16-11(14)8-5-9-7(6-12-13-9)4-10(8)15-2/h4-6H,3H2,1-2H3,(H,12,13). The normalized spacial score (nSPS) is 10.4. The summed E-state index contributed by atoms with van der Waals surface area (Å²) >= 11 is 0. The predicted octanol–water partition coefficient (Wildman–Crippen LogP) is 1.75. The molecule has 0 radical (unpaired) electrons. The van der Waals surface area contributed by atoms with Gasteiger partial charge in [0.05, 0.1) is 25.4 Å². The number of carbonyl (C=O) groups excluding carboxylic acids is 1. The van der Waals surface area contributed by atoms with Crippen LogP contribution in [-0.4, -0.2) is 29.9 Å². The van der Waals surface area contributed by atoms with E-state index in [4.69, 9.17) is 9.47 Å². The summed E-state index contributed by atoms with van der Waals surface area (Å²) in [5, 5.41) is 7.58. The lowest BCUT2D eigenvalue weighted by Crippen LogP contribution is -2.06. The molecule has 0 atom stereocenters. The summed E-state index contributed by atoms with van der Waals surface area (Å²) in [7, 11) is 1.52. The number of carbonyl (C=O) groups is 1. The lowest BCUT2D eigenvalue weighted by atomic mass is 10.1. The average Bonchev–Trinajstić information content (AvgIpc) is 2.74. The highest BCUT2D eigenvalue weighted by atomic mass is 16.5. The van der Waals surface area contributed by atoms with Crippen LogP contribution in [0.3, 0.4) is 0 Å². The van der Waals surface area contributed by atoms with Crippen molar-refractivity contribution >= 4 is 16.9 Å². The largest absolute Gasteiger partial charge is 0.496 e. The van der Waals surface area contributed by atoms with Crippen LogP contribution in [0.5, 0.6) is 5.75 Å². The van der Waals surface area contributed by atoms with Crippen molar-refractivity contribution in [2.75, 3.05) is 13.7 Å². The molecule has 0 amide bonds. The van der Waals surface area contributed by atoms with Crippen molar-refractivity contribution in [3.05, 3.63) is 23.9 Å². The van der Waals surface area contributed by atoms with Crippen LogP contribution in [0, 0.1) is 0 Å². The van der Waals surface area contributed by atoms with Gasteiger partial charge in [0.25, 0.3) is 0 Å². The molecule has 0 saturated heterocycles. The molecular weight excluding hydrogens is 208 g/mol. The molecule has 0 aliphatic heterocycles. The van der Waals surface area contributed by atoms with Crippen LogP contribution in [0.2, 0.25) is 0 Å². The Morgan fingerprint density at radius 3 is 3.00 bits per heavy atom. The molecule has 0 aliphatic carbocycles. The predicted molar refractivity (Wildman–Crippen MR) is 58.6 cm³/mol. The molecule has 0 fully saturated rings. The second-order valence-electron chi connectivity index (χ2n) is 3.23. The summed E-state index contributed by atoms with van der Waals surface area (Å²) < 4.78 is 10.1. The summed E-state index contributed by atoms with van der Waals surface area (Å²) in [6.07, 6.45) is 1.67. The van der Waals surface area contributed by atoms with Gasteiger partial charge in [-0.2, -0.15) is 5.10 Å². The highest BCUT2D eigenvalue weighted by Gasteiger charge is 2.15. The van der Waals surface area contributed by atoms with Gasteiger partial charge >= 0.3 is 5.97 Å². The molecular formula is C11H12N2O3. The molecule has 0 saturated carbocycles. The number of esters is 1. The van der Waals surface area contributed by atoms with Gasteiger partial charge in [-0.1, -0.05) is 0 Å². The van der Waals surface area contributed by atoms with E-state index in [1.807, 2.05) is 0 Å². The van der Waals surface area contributed by atoms with E-state index in [2.05, 4.69) is 10.2 Å². The van der Waals surface area contributed by atoms with Gasteiger partial charge in [-0.05, 0) is 19.1 Å². The highest BCUT2D eigenvalue weighted by molar-refractivity contribution is 5.97. The number of aromatic amines is 1. The van der Waals surface area contributed by atoms with E-state index in [1.54, 1.807) is 25.3 Å². The Morgan fingerprint density at radius 1 is 1.50 bits per heavy atom. The molecule has 0 unspecified atom stereocenters. The summed E-state index contributed by atoms with van der Waals surface area (Å²) in [5.41, 5.74) is 1.19. The second-order valence-corrected chi connectivity index (χ2v) is 3.23. The van der Waals surface area contributed by atoms with E-state index in [0.717, 1.165) is 10.9 Å². The van der Waals surface area contributed by atoms with Crippen molar-refractivity contribution < 1.29 is 14.3 Å². The quantitative estimate of drug-likeness (QED) is 0.800. The number of fused-ring (bicyclic) bond motifs is 1. The number of nitrogens with one attached hydrogen (secondary N) is 1. The first-order valence-corrected chi connectivity index (χ1v) is 4.94. The number of hydrogen-bond acceptors (Lipinski definition) is 4. The van der Waals surface area contributed by atoms with Gasteiger partial charge in [0.1, 0.15) is 11.3 Å². The van der Waals surface area contributed by atoms with Crippen LogP contribution in [0.25, 0.3) is 10.9 Å². The Kier molecular flexibility index (Phi) is 2.76. The van der Waals surface area contributed by atoms with Gasteiger partial charge in [-0.3, -0.25) is 5.10 Å². The minimum Gasteiger partial charge on any atom is -0.496 e. The fraction of sp³-hybridized carbons (Fsp3) is 0.273. The van der Waals surface area contributed by atoms with Crippen molar-refractivity contribution in [1.29, 1.82) is 0 Å². The maximum Gasteiger partial charge on any atom is 0.341 e. The van der Waals surface area contributed by atoms with Gasteiger partial charge in [0.2, 0.25) is 0 Å². The lowest BCUT2D eigenvalue weighted by molar-refractivity contribution is 0.0523. The molecule has 1 heterocycles. The van der Waals surface area contributed by atoms with Crippen molar-refractivity contribution in [2.45, 2.75) is 6.92 Å². The SMILES string of the molecule is CCOC(=O)c1cc2[nH]ncc2cc1OC. The smallest absolute Gasteiger partial charge is 0.341 e. The fourth-order valence-electron chi connectivity index (χ4n) is 1.51. The number of rotatable bonds is 3. The molecule has 1 N–H and O–H groups in total. The maximum atomic E-state index is 11.7. The number of nitrogens with zero attached hydrogens (tertiary/aromatic N) is 1. The van der Waals surface area contributed by atoms with Crippen molar-refractivity contribution in [1.82, 2.24) is 10.2 Å². The Balaban J connectivity index is 2.52. The fourth-order valence-corrected chi connectivity index (χ4v) is 1.51. The van der Waals surface area contributed by atoms with E-state index in [0.29, 0.717) is 17.9 Å². The topological polar surface area (TPSA) is 64.2 Å². The Bertz CT molecular complexity index is 519. The summed E-state index contributed by atoms with van der Waals surface area (Å²) in [6.45, 7) is 2.10. The second kappa shape index (κ2) is 4.22. The van der Waals surface area contributed by atoms with Crippen molar-refractivity contribution in [2.24, 2.45) is 0 Å².